The predicted molar refractivity (Wildman–Crippen MR) is 134 cm³/mol. The fourth-order valence-electron chi connectivity index (χ4n) is 3.50. The molecule has 0 fully saturated rings. The molecule has 0 radical (unpaired) electrons. The molecule has 0 atom stereocenters. The number of benzene rings is 2. The van der Waals surface area contributed by atoms with Gasteiger partial charge in [0, 0.05) is 18.0 Å². The number of carbonyl (C=O) groups is 1. The zero-order chi connectivity index (χ0) is 23.8. The summed E-state index contributed by atoms with van der Waals surface area (Å²) >= 11 is 1.36. The number of pyridine rings is 1. The van der Waals surface area contributed by atoms with Crippen molar-refractivity contribution in [3.8, 4) is 22.8 Å². The molecule has 0 saturated carbocycles. The zero-order valence-electron chi connectivity index (χ0n) is 19.2. The molecule has 1 amide bonds. The summed E-state index contributed by atoms with van der Waals surface area (Å²) in [6.07, 6.45) is 3.50. The number of aromatic nitrogens is 4. The van der Waals surface area contributed by atoms with E-state index in [1.165, 1.54) is 17.3 Å². The quantitative estimate of drug-likeness (QED) is 0.265. The minimum atomic E-state index is -0.0868. The molecule has 0 aliphatic heterocycles. The summed E-state index contributed by atoms with van der Waals surface area (Å²) in [5.74, 6) is 1.93. The van der Waals surface area contributed by atoms with Crippen molar-refractivity contribution in [1.29, 1.82) is 0 Å². The van der Waals surface area contributed by atoms with Gasteiger partial charge in [-0.15, -0.1) is 10.2 Å². The molecule has 0 bridgehead atoms. The highest BCUT2D eigenvalue weighted by molar-refractivity contribution is 7.99. The Kier molecular flexibility index (Phi) is 7.93. The van der Waals surface area contributed by atoms with Gasteiger partial charge >= 0.3 is 0 Å². The fraction of sp³-hybridized carbons (Fsp3) is 0.231. The molecule has 2 aromatic carbocycles. The Bertz CT molecular complexity index is 1210. The van der Waals surface area contributed by atoms with Crippen LogP contribution in [0.3, 0.4) is 0 Å². The minimum absolute atomic E-state index is 0.0868. The topological polar surface area (TPSA) is 81.9 Å². The third-order valence-electron chi connectivity index (χ3n) is 5.12. The van der Waals surface area contributed by atoms with Gasteiger partial charge in [0.1, 0.15) is 12.4 Å². The van der Waals surface area contributed by atoms with Gasteiger partial charge in [0.05, 0.1) is 18.0 Å². The number of nitrogens with one attached hydrogen (secondary N) is 1. The maximum absolute atomic E-state index is 12.5. The van der Waals surface area contributed by atoms with Crippen LogP contribution in [0, 0.1) is 0 Å². The Labute approximate surface area is 203 Å². The molecule has 8 heteroatoms. The number of hydrogen-bond donors (Lipinski definition) is 1. The maximum Gasteiger partial charge on any atom is 0.230 e. The summed E-state index contributed by atoms with van der Waals surface area (Å²) in [5, 5.41) is 12.4. The monoisotopic (exact) mass is 473 g/mol. The number of rotatable bonds is 10. The van der Waals surface area contributed by atoms with Gasteiger partial charge in [-0.1, -0.05) is 62.0 Å². The first-order valence-electron chi connectivity index (χ1n) is 11.2. The third kappa shape index (κ3) is 5.82. The highest BCUT2D eigenvalue weighted by Gasteiger charge is 2.20. The summed E-state index contributed by atoms with van der Waals surface area (Å²) in [4.78, 5) is 16.7. The smallest absolute Gasteiger partial charge is 0.230 e. The maximum atomic E-state index is 12.5. The molecule has 4 rings (SSSR count). The Morgan fingerprint density at radius 1 is 1.03 bits per heavy atom. The van der Waals surface area contributed by atoms with Crippen LogP contribution in [0.25, 0.3) is 17.1 Å². The van der Waals surface area contributed by atoms with E-state index in [4.69, 9.17) is 4.74 Å². The van der Waals surface area contributed by atoms with Gasteiger partial charge < -0.3 is 10.1 Å². The van der Waals surface area contributed by atoms with Crippen LogP contribution >= 0.6 is 11.8 Å². The number of carbonyl (C=O) groups excluding carboxylic acids is 1. The Morgan fingerprint density at radius 3 is 2.59 bits per heavy atom. The van der Waals surface area contributed by atoms with E-state index >= 15 is 0 Å². The van der Waals surface area contributed by atoms with Crippen LogP contribution in [-0.2, 0) is 4.79 Å². The number of amides is 1. The standard InChI is InChI=1S/C26H27N5O2S/c1-19(2)22-12-6-7-13-23(22)31-25(20-9-8-14-27-17-20)29-30-26(31)34-18-24(32)28-15-16-33-21-10-4-3-5-11-21/h3-14,17,19H,15-16,18H2,1-2H3,(H,28,32). The van der Waals surface area contributed by atoms with Crippen molar-refractivity contribution >= 4 is 17.7 Å². The Morgan fingerprint density at radius 2 is 1.82 bits per heavy atom. The summed E-state index contributed by atoms with van der Waals surface area (Å²) < 4.78 is 7.65. The predicted octanol–water partition coefficient (Wildman–Crippen LogP) is 4.74. The number of para-hydroxylation sites is 2. The number of thioether (sulfide) groups is 1. The van der Waals surface area contributed by atoms with Crippen molar-refractivity contribution in [3.05, 3.63) is 84.7 Å². The van der Waals surface area contributed by atoms with E-state index in [0.29, 0.717) is 30.1 Å². The van der Waals surface area contributed by atoms with Gasteiger partial charge in [-0.25, -0.2) is 0 Å². The first-order chi connectivity index (χ1) is 16.6. The lowest BCUT2D eigenvalue weighted by molar-refractivity contribution is -0.118. The molecule has 174 valence electrons. The SMILES string of the molecule is CC(C)c1ccccc1-n1c(SCC(=O)NCCOc2ccccc2)nnc1-c1cccnc1. The number of ether oxygens (including phenoxy) is 1. The molecule has 1 N–H and O–H groups in total. The van der Waals surface area contributed by atoms with Crippen LogP contribution in [0.15, 0.2) is 84.3 Å². The highest BCUT2D eigenvalue weighted by atomic mass is 32.2. The van der Waals surface area contributed by atoms with E-state index in [1.807, 2.05) is 59.2 Å². The Hall–Kier alpha value is -3.65. The Balaban J connectivity index is 1.48. The molecule has 2 aromatic heterocycles. The van der Waals surface area contributed by atoms with E-state index in [2.05, 4.69) is 46.5 Å². The lowest BCUT2D eigenvalue weighted by Crippen LogP contribution is -2.29. The van der Waals surface area contributed by atoms with Crippen molar-refractivity contribution in [1.82, 2.24) is 25.1 Å². The first kappa shape index (κ1) is 23.5. The van der Waals surface area contributed by atoms with Crippen LogP contribution in [0.1, 0.15) is 25.3 Å². The lowest BCUT2D eigenvalue weighted by atomic mass is 10.0. The van der Waals surface area contributed by atoms with Gasteiger partial charge in [-0.3, -0.25) is 14.3 Å². The van der Waals surface area contributed by atoms with Crippen LogP contribution in [0.4, 0.5) is 0 Å². The van der Waals surface area contributed by atoms with Crippen molar-refractivity contribution in [2.75, 3.05) is 18.9 Å². The molecule has 2 heterocycles. The third-order valence-corrected chi connectivity index (χ3v) is 6.05. The zero-order valence-corrected chi connectivity index (χ0v) is 20.0. The molecule has 7 nitrogen and oxygen atoms in total. The average Bonchev–Trinajstić information content (AvgIpc) is 3.30. The van der Waals surface area contributed by atoms with Gasteiger partial charge in [-0.2, -0.15) is 0 Å². The molecule has 0 aliphatic carbocycles. The number of hydrogen-bond acceptors (Lipinski definition) is 6. The lowest BCUT2D eigenvalue weighted by Gasteiger charge is -2.16. The van der Waals surface area contributed by atoms with Crippen LogP contribution < -0.4 is 10.1 Å². The normalized spacial score (nSPS) is 10.9. The van der Waals surface area contributed by atoms with Gasteiger partial charge in [0.25, 0.3) is 0 Å². The van der Waals surface area contributed by atoms with Gasteiger partial charge in [0.15, 0.2) is 11.0 Å². The second-order valence-electron chi connectivity index (χ2n) is 7.90. The molecular formula is C26H27N5O2S. The van der Waals surface area contributed by atoms with Crippen molar-refractivity contribution < 1.29 is 9.53 Å². The van der Waals surface area contributed by atoms with Crippen molar-refractivity contribution in [2.24, 2.45) is 0 Å². The average molecular weight is 474 g/mol. The summed E-state index contributed by atoms with van der Waals surface area (Å²) in [6, 6.07) is 21.6. The molecule has 0 unspecified atom stereocenters. The van der Waals surface area contributed by atoms with Crippen molar-refractivity contribution in [3.63, 3.8) is 0 Å². The van der Waals surface area contributed by atoms with Gasteiger partial charge in [0.2, 0.25) is 5.91 Å². The van der Waals surface area contributed by atoms with E-state index < -0.39 is 0 Å². The second kappa shape index (κ2) is 11.5. The van der Waals surface area contributed by atoms with E-state index in [9.17, 15) is 4.79 Å². The first-order valence-corrected chi connectivity index (χ1v) is 12.1. The van der Waals surface area contributed by atoms with Crippen LogP contribution in [0.2, 0.25) is 0 Å². The van der Waals surface area contributed by atoms with Gasteiger partial charge in [-0.05, 0) is 41.8 Å². The van der Waals surface area contributed by atoms with Crippen LogP contribution in [-0.4, -0.2) is 44.6 Å². The molecule has 0 saturated heterocycles. The molecule has 34 heavy (non-hydrogen) atoms. The van der Waals surface area contributed by atoms with E-state index in [1.54, 1.807) is 12.4 Å². The molecule has 0 aliphatic rings. The highest BCUT2D eigenvalue weighted by Crippen LogP contribution is 2.31. The fourth-order valence-corrected chi connectivity index (χ4v) is 4.27. The van der Waals surface area contributed by atoms with E-state index in [0.717, 1.165) is 17.0 Å². The molecular weight excluding hydrogens is 446 g/mol. The van der Waals surface area contributed by atoms with Crippen molar-refractivity contribution in [2.45, 2.75) is 24.9 Å². The largest absolute Gasteiger partial charge is 0.492 e. The molecule has 0 spiro atoms. The minimum Gasteiger partial charge on any atom is -0.492 e. The molecule has 4 aromatic rings. The van der Waals surface area contributed by atoms with E-state index in [-0.39, 0.29) is 11.7 Å². The second-order valence-corrected chi connectivity index (χ2v) is 8.84. The summed E-state index contributed by atoms with van der Waals surface area (Å²) in [5.41, 5.74) is 3.04. The number of nitrogens with zero attached hydrogens (tertiary/aromatic N) is 4. The summed E-state index contributed by atoms with van der Waals surface area (Å²) in [7, 11) is 0. The van der Waals surface area contributed by atoms with Crippen LogP contribution in [0.5, 0.6) is 5.75 Å². The summed E-state index contributed by atoms with van der Waals surface area (Å²) in [6.45, 7) is 5.15.